The zero-order valence-electron chi connectivity index (χ0n) is 16.2. The molecule has 0 saturated heterocycles. The normalized spacial score (nSPS) is 10.9. The summed E-state index contributed by atoms with van der Waals surface area (Å²) in [4.78, 5) is 25.9. The van der Waals surface area contributed by atoms with E-state index in [1.165, 1.54) is 29.5 Å². The summed E-state index contributed by atoms with van der Waals surface area (Å²) in [5.41, 5.74) is 0.978. The molecule has 0 saturated carbocycles. The van der Waals surface area contributed by atoms with Gasteiger partial charge in [0.05, 0.1) is 18.2 Å². The Bertz CT molecular complexity index is 1250. The molecule has 9 heteroatoms. The Balaban J connectivity index is 1.37. The molecule has 0 radical (unpaired) electrons. The second kappa shape index (κ2) is 9.05. The summed E-state index contributed by atoms with van der Waals surface area (Å²) in [6.07, 6.45) is 0.139. The summed E-state index contributed by atoms with van der Waals surface area (Å²) < 4.78 is 26.9. The number of nitrogens with zero attached hydrogens (tertiary/aromatic N) is 1. The van der Waals surface area contributed by atoms with Gasteiger partial charge in [0.25, 0.3) is 0 Å². The lowest BCUT2D eigenvalue weighted by Crippen LogP contribution is -2.24. The van der Waals surface area contributed by atoms with Crippen LogP contribution in [0.5, 0.6) is 0 Å². The molecule has 0 fully saturated rings. The predicted octanol–water partition coefficient (Wildman–Crippen LogP) is 3.94. The molecule has 4 rings (SSSR count). The van der Waals surface area contributed by atoms with Crippen LogP contribution in [0.2, 0.25) is 0 Å². The van der Waals surface area contributed by atoms with Crippen LogP contribution in [0.4, 0.5) is 14.6 Å². The number of hydrogen-bond donors (Lipinski definition) is 3. The number of amides is 2. The standard InChI is InChI=1S/C22H18F2N4O2S/c23-15-6-3-4-13(8-15)9-20(30)26-21-17-10-16(31-22(17)28-27-21)11-19(29)25-12-14-5-1-2-7-18(14)24/h1-8,10H,9,11-12H2,(H,25,29)(H2,26,27,28,30). The molecule has 0 bridgehead atoms. The number of fused-ring (bicyclic) bond motifs is 1. The zero-order valence-corrected chi connectivity index (χ0v) is 17.1. The lowest BCUT2D eigenvalue weighted by atomic mass is 10.1. The van der Waals surface area contributed by atoms with Crippen LogP contribution in [0.1, 0.15) is 16.0 Å². The van der Waals surface area contributed by atoms with Crippen molar-refractivity contribution in [3.05, 3.63) is 82.2 Å². The molecule has 2 aromatic heterocycles. The van der Waals surface area contributed by atoms with Crippen LogP contribution >= 0.6 is 11.3 Å². The number of H-pyrrole nitrogens is 1. The molecule has 0 aliphatic rings. The van der Waals surface area contributed by atoms with Gasteiger partial charge in [0.2, 0.25) is 11.8 Å². The molecule has 2 aromatic carbocycles. The molecular formula is C22H18F2N4O2S. The number of aromatic nitrogens is 2. The fourth-order valence-corrected chi connectivity index (χ4v) is 4.11. The average Bonchev–Trinajstić information content (AvgIpc) is 3.28. The van der Waals surface area contributed by atoms with Crippen LogP contribution in [0, 0.1) is 11.6 Å². The summed E-state index contributed by atoms with van der Waals surface area (Å²) in [7, 11) is 0. The molecule has 158 valence electrons. The number of halogens is 2. The quantitative estimate of drug-likeness (QED) is 0.407. The first kappa shape index (κ1) is 20.7. The first-order valence-corrected chi connectivity index (χ1v) is 10.3. The second-order valence-corrected chi connectivity index (χ2v) is 8.05. The molecule has 3 N–H and O–H groups in total. The minimum atomic E-state index is -0.398. The van der Waals surface area contributed by atoms with Crippen molar-refractivity contribution in [3.63, 3.8) is 0 Å². The number of carbonyl (C=O) groups is 2. The van der Waals surface area contributed by atoms with Gasteiger partial charge in [-0.2, -0.15) is 5.10 Å². The third kappa shape index (κ3) is 5.13. The third-order valence-electron chi connectivity index (χ3n) is 4.59. The Morgan fingerprint density at radius 1 is 1.00 bits per heavy atom. The van der Waals surface area contributed by atoms with Crippen molar-refractivity contribution in [1.82, 2.24) is 15.5 Å². The van der Waals surface area contributed by atoms with E-state index in [0.717, 1.165) is 4.88 Å². The highest BCUT2D eigenvalue weighted by molar-refractivity contribution is 7.18. The van der Waals surface area contributed by atoms with Gasteiger partial charge in [-0.05, 0) is 29.8 Å². The Morgan fingerprint density at radius 3 is 2.65 bits per heavy atom. The van der Waals surface area contributed by atoms with E-state index < -0.39 is 5.82 Å². The van der Waals surface area contributed by atoms with E-state index in [0.29, 0.717) is 27.2 Å². The highest BCUT2D eigenvalue weighted by Gasteiger charge is 2.15. The smallest absolute Gasteiger partial charge is 0.229 e. The first-order chi connectivity index (χ1) is 15.0. The average molecular weight is 440 g/mol. The van der Waals surface area contributed by atoms with Crippen LogP contribution in [0.3, 0.4) is 0 Å². The van der Waals surface area contributed by atoms with Crippen LogP contribution in [-0.4, -0.2) is 22.0 Å². The Kier molecular flexibility index (Phi) is 6.03. The molecule has 0 unspecified atom stereocenters. The molecule has 0 atom stereocenters. The van der Waals surface area contributed by atoms with Gasteiger partial charge in [0.15, 0.2) is 0 Å². The largest absolute Gasteiger partial charge is 0.352 e. The van der Waals surface area contributed by atoms with Crippen LogP contribution in [0.15, 0.2) is 54.6 Å². The Labute approximate surface area is 180 Å². The highest BCUT2D eigenvalue weighted by Crippen LogP contribution is 2.29. The van der Waals surface area contributed by atoms with Crippen molar-refractivity contribution in [1.29, 1.82) is 0 Å². The molecule has 2 heterocycles. The number of benzene rings is 2. The topological polar surface area (TPSA) is 86.9 Å². The molecule has 4 aromatic rings. The van der Waals surface area contributed by atoms with E-state index in [-0.39, 0.29) is 37.0 Å². The Morgan fingerprint density at radius 2 is 1.84 bits per heavy atom. The minimum absolute atomic E-state index is 0.0215. The van der Waals surface area contributed by atoms with Gasteiger partial charge in [-0.1, -0.05) is 30.3 Å². The zero-order chi connectivity index (χ0) is 21.8. The number of rotatable bonds is 7. The van der Waals surface area contributed by atoms with E-state index in [2.05, 4.69) is 20.8 Å². The summed E-state index contributed by atoms with van der Waals surface area (Å²) in [5, 5.41) is 13.1. The summed E-state index contributed by atoms with van der Waals surface area (Å²) in [6, 6.07) is 13.9. The lowest BCUT2D eigenvalue weighted by molar-refractivity contribution is -0.120. The van der Waals surface area contributed by atoms with Crippen LogP contribution in [-0.2, 0) is 29.0 Å². The fourth-order valence-electron chi connectivity index (χ4n) is 3.12. The molecule has 6 nitrogen and oxygen atoms in total. The van der Waals surface area contributed by atoms with Gasteiger partial charge in [-0.15, -0.1) is 11.3 Å². The third-order valence-corrected chi connectivity index (χ3v) is 5.62. The Hall–Kier alpha value is -3.59. The number of hydrogen-bond acceptors (Lipinski definition) is 4. The van der Waals surface area contributed by atoms with Crippen molar-refractivity contribution in [2.75, 3.05) is 5.32 Å². The summed E-state index contributed by atoms with van der Waals surface area (Å²) in [5.74, 6) is -0.897. The maximum atomic E-state index is 13.7. The van der Waals surface area contributed by atoms with Gasteiger partial charge in [-0.3, -0.25) is 14.7 Å². The molecule has 2 amide bonds. The fraction of sp³-hybridized carbons (Fsp3) is 0.136. The van der Waals surface area contributed by atoms with Gasteiger partial charge >= 0.3 is 0 Å². The first-order valence-electron chi connectivity index (χ1n) is 9.49. The monoisotopic (exact) mass is 440 g/mol. The molecule has 0 spiro atoms. The number of thiophene rings is 1. The predicted molar refractivity (Wildman–Crippen MR) is 115 cm³/mol. The van der Waals surface area contributed by atoms with Gasteiger partial charge in [-0.25, -0.2) is 8.78 Å². The number of carbonyl (C=O) groups excluding carboxylic acids is 2. The molecular weight excluding hydrogens is 422 g/mol. The van der Waals surface area contributed by atoms with Crippen molar-refractivity contribution in [3.8, 4) is 0 Å². The molecule has 31 heavy (non-hydrogen) atoms. The van der Waals surface area contributed by atoms with Crippen molar-refractivity contribution in [2.24, 2.45) is 0 Å². The van der Waals surface area contributed by atoms with E-state index >= 15 is 0 Å². The lowest BCUT2D eigenvalue weighted by Gasteiger charge is -2.05. The highest BCUT2D eigenvalue weighted by atomic mass is 32.1. The summed E-state index contributed by atoms with van der Waals surface area (Å²) >= 11 is 1.33. The summed E-state index contributed by atoms with van der Waals surface area (Å²) in [6.45, 7) is 0.107. The van der Waals surface area contributed by atoms with Crippen LogP contribution < -0.4 is 10.6 Å². The van der Waals surface area contributed by atoms with E-state index in [1.54, 1.807) is 36.4 Å². The number of anilines is 1. The van der Waals surface area contributed by atoms with E-state index in [9.17, 15) is 18.4 Å². The van der Waals surface area contributed by atoms with Crippen molar-refractivity contribution < 1.29 is 18.4 Å². The minimum Gasteiger partial charge on any atom is -0.352 e. The maximum Gasteiger partial charge on any atom is 0.229 e. The van der Waals surface area contributed by atoms with E-state index in [1.807, 2.05) is 0 Å². The number of aromatic amines is 1. The van der Waals surface area contributed by atoms with Gasteiger partial charge in [0, 0.05) is 17.0 Å². The van der Waals surface area contributed by atoms with Crippen LogP contribution in [0.25, 0.3) is 10.2 Å². The molecule has 0 aliphatic carbocycles. The second-order valence-electron chi connectivity index (χ2n) is 6.93. The van der Waals surface area contributed by atoms with Gasteiger partial charge in [0.1, 0.15) is 22.3 Å². The number of nitrogens with one attached hydrogen (secondary N) is 3. The SMILES string of the molecule is O=C(Cc1cc2c(NC(=O)Cc3cccc(F)c3)[nH]nc2s1)NCc1ccccc1F. The van der Waals surface area contributed by atoms with E-state index in [4.69, 9.17) is 0 Å². The van der Waals surface area contributed by atoms with Gasteiger partial charge < -0.3 is 10.6 Å². The van der Waals surface area contributed by atoms with Crippen molar-refractivity contribution in [2.45, 2.75) is 19.4 Å². The molecule has 0 aliphatic heterocycles. The maximum absolute atomic E-state index is 13.7. The van der Waals surface area contributed by atoms with Crippen molar-refractivity contribution >= 4 is 39.2 Å².